The molecule has 3 nitrogen and oxygen atoms in total. The SMILES string of the molecule is CC(C)(C)c1noc(CC(F)F)n1. The third-order valence-electron chi connectivity index (χ3n) is 1.47. The largest absolute Gasteiger partial charge is 0.339 e. The van der Waals surface area contributed by atoms with Gasteiger partial charge in [-0.1, -0.05) is 25.9 Å². The molecule has 0 aromatic carbocycles. The molecule has 0 spiro atoms. The van der Waals surface area contributed by atoms with Gasteiger partial charge in [0.2, 0.25) is 12.3 Å². The Bertz CT molecular complexity index is 278. The van der Waals surface area contributed by atoms with E-state index >= 15 is 0 Å². The fourth-order valence-electron chi connectivity index (χ4n) is 0.774. The summed E-state index contributed by atoms with van der Waals surface area (Å²) in [5.74, 6) is 0.461. The maximum atomic E-state index is 11.9. The molecule has 74 valence electrons. The number of rotatable bonds is 2. The fraction of sp³-hybridized carbons (Fsp3) is 0.750. The van der Waals surface area contributed by atoms with E-state index in [1.807, 2.05) is 20.8 Å². The van der Waals surface area contributed by atoms with Gasteiger partial charge in [-0.25, -0.2) is 8.78 Å². The van der Waals surface area contributed by atoms with Crippen molar-refractivity contribution >= 4 is 0 Å². The summed E-state index contributed by atoms with van der Waals surface area (Å²) in [6.07, 6.45) is -2.91. The first-order chi connectivity index (χ1) is 5.89. The Morgan fingerprint density at radius 3 is 2.38 bits per heavy atom. The maximum Gasteiger partial charge on any atom is 0.247 e. The van der Waals surface area contributed by atoms with Crippen molar-refractivity contribution in [3.05, 3.63) is 11.7 Å². The maximum absolute atomic E-state index is 11.9. The second-order valence-corrected chi connectivity index (χ2v) is 3.86. The third-order valence-corrected chi connectivity index (χ3v) is 1.47. The van der Waals surface area contributed by atoms with Crippen molar-refractivity contribution in [2.45, 2.75) is 39.0 Å². The van der Waals surface area contributed by atoms with Gasteiger partial charge < -0.3 is 4.52 Å². The van der Waals surface area contributed by atoms with E-state index in [9.17, 15) is 8.78 Å². The first-order valence-corrected chi connectivity index (χ1v) is 4.01. The topological polar surface area (TPSA) is 38.9 Å². The van der Waals surface area contributed by atoms with Gasteiger partial charge in [0.15, 0.2) is 5.82 Å². The van der Waals surface area contributed by atoms with Crippen molar-refractivity contribution in [1.29, 1.82) is 0 Å². The molecule has 0 amide bonds. The average molecular weight is 190 g/mol. The van der Waals surface area contributed by atoms with Gasteiger partial charge in [0.1, 0.15) is 0 Å². The highest BCUT2D eigenvalue weighted by Crippen LogP contribution is 2.19. The summed E-state index contributed by atoms with van der Waals surface area (Å²) in [4.78, 5) is 3.86. The number of aromatic nitrogens is 2. The van der Waals surface area contributed by atoms with Gasteiger partial charge in [-0.2, -0.15) is 4.98 Å². The molecule has 1 aromatic rings. The molecule has 0 aliphatic heterocycles. The zero-order chi connectivity index (χ0) is 10.1. The zero-order valence-electron chi connectivity index (χ0n) is 7.84. The number of hydrogen-bond donors (Lipinski definition) is 0. The second kappa shape index (κ2) is 3.40. The molecular formula is C8H12F2N2O. The van der Waals surface area contributed by atoms with Gasteiger partial charge >= 0.3 is 0 Å². The summed E-state index contributed by atoms with van der Waals surface area (Å²) < 4.78 is 28.5. The second-order valence-electron chi connectivity index (χ2n) is 3.86. The summed E-state index contributed by atoms with van der Waals surface area (Å²) in [5.41, 5.74) is -0.260. The molecule has 0 saturated carbocycles. The van der Waals surface area contributed by atoms with Gasteiger partial charge in [-0.3, -0.25) is 0 Å². The Labute approximate surface area is 75.1 Å². The van der Waals surface area contributed by atoms with Crippen molar-refractivity contribution in [3.8, 4) is 0 Å². The van der Waals surface area contributed by atoms with E-state index in [0.29, 0.717) is 5.82 Å². The molecule has 0 atom stereocenters. The lowest BCUT2D eigenvalue weighted by atomic mass is 9.96. The Balaban J connectivity index is 2.75. The van der Waals surface area contributed by atoms with Crippen LogP contribution in [-0.4, -0.2) is 16.6 Å². The van der Waals surface area contributed by atoms with Crippen molar-refractivity contribution in [3.63, 3.8) is 0 Å². The Kier molecular flexibility index (Phi) is 2.63. The van der Waals surface area contributed by atoms with E-state index < -0.39 is 12.8 Å². The first-order valence-electron chi connectivity index (χ1n) is 4.01. The van der Waals surface area contributed by atoms with Crippen LogP contribution in [0.25, 0.3) is 0 Å². The zero-order valence-corrected chi connectivity index (χ0v) is 7.84. The summed E-state index contributed by atoms with van der Waals surface area (Å²) >= 11 is 0. The van der Waals surface area contributed by atoms with E-state index in [1.54, 1.807) is 0 Å². The standard InChI is InChI=1S/C8H12F2N2O/c1-8(2,3)7-11-6(13-12-7)4-5(9)10/h5H,4H2,1-3H3. The van der Waals surface area contributed by atoms with Gasteiger partial charge in [0.05, 0.1) is 6.42 Å². The van der Waals surface area contributed by atoms with E-state index in [-0.39, 0.29) is 11.3 Å². The Hall–Kier alpha value is -1.00. The van der Waals surface area contributed by atoms with E-state index in [1.165, 1.54) is 0 Å². The van der Waals surface area contributed by atoms with E-state index in [4.69, 9.17) is 0 Å². The van der Waals surface area contributed by atoms with Crippen LogP contribution in [0.4, 0.5) is 8.78 Å². The van der Waals surface area contributed by atoms with Crippen LogP contribution in [0.1, 0.15) is 32.5 Å². The molecule has 1 heterocycles. The summed E-state index contributed by atoms with van der Waals surface area (Å²) in [5, 5.41) is 3.62. The highest BCUT2D eigenvalue weighted by molar-refractivity contribution is 4.99. The molecule has 0 unspecified atom stereocenters. The molecule has 0 N–H and O–H groups in total. The number of halogens is 2. The lowest BCUT2D eigenvalue weighted by Crippen LogP contribution is -2.13. The van der Waals surface area contributed by atoms with Crippen LogP contribution in [0.2, 0.25) is 0 Å². The molecule has 5 heteroatoms. The lowest BCUT2D eigenvalue weighted by molar-refractivity contribution is 0.136. The van der Waals surface area contributed by atoms with Crippen molar-refractivity contribution in [1.82, 2.24) is 10.1 Å². The van der Waals surface area contributed by atoms with Crippen LogP contribution < -0.4 is 0 Å². The van der Waals surface area contributed by atoms with Crippen molar-refractivity contribution in [2.75, 3.05) is 0 Å². The van der Waals surface area contributed by atoms with Crippen LogP contribution in [-0.2, 0) is 11.8 Å². The van der Waals surface area contributed by atoms with E-state index in [2.05, 4.69) is 14.7 Å². The smallest absolute Gasteiger partial charge is 0.247 e. The minimum absolute atomic E-state index is 0.0000694. The molecule has 1 rings (SSSR count). The highest BCUT2D eigenvalue weighted by atomic mass is 19.3. The van der Waals surface area contributed by atoms with Gasteiger partial charge in [-0.15, -0.1) is 0 Å². The minimum Gasteiger partial charge on any atom is -0.339 e. The predicted octanol–water partition coefficient (Wildman–Crippen LogP) is 2.17. The molecule has 0 aliphatic carbocycles. The van der Waals surface area contributed by atoms with Crippen LogP contribution in [0.15, 0.2) is 4.52 Å². The highest BCUT2D eigenvalue weighted by Gasteiger charge is 2.21. The summed E-state index contributed by atoms with van der Waals surface area (Å²) in [7, 11) is 0. The quantitative estimate of drug-likeness (QED) is 0.717. The molecule has 1 aromatic heterocycles. The van der Waals surface area contributed by atoms with Gasteiger partial charge in [0.25, 0.3) is 0 Å². The molecule has 0 aliphatic rings. The van der Waals surface area contributed by atoms with Crippen LogP contribution in [0.5, 0.6) is 0 Å². The number of nitrogens with zero attached hydrogens (tertiary/aromatic N) is 2. The van der Waals surface area contributed by atoms with Crippen molar-refractivity contribution in [2.24, 2.45) is 0 Å². The van der Waals surface area contributed by atoms with Crippen LogP contribution >= 0.6 is 0 Å². The Morgan fingerprint density at radius 2 is 2.00 bits per heavy atom. The monoisotopic (exact) mass is 190 g/mol. The van der Waals surface area contributed by atoms with Crippen LogP contribution in [0, 0.1) is 0 Å². The molecular weight excluding hydrogens is 178 g/mol. The first kappa shape index (κ1) is 10.1. The number of hydrogen-bond acceptors (Lipinski definition) is 3. The Morgan fingerprint density at radius 1 is 1.38 bits per heavy atom. The molecule has 13 heavy (non-hydrogen) atoms. The van der Waals surface area contributed by atoms with Crippen LogP contribution in [0.3, 0.4) is 0 Å². The molecule has 0 fully saturated rings. The van der Waals surface area contributed by atoms with Gasteiger partial charge in [0, 0.05) is 5.41 Å². The molecule has 0 radical (unpaired) electrons. The molecule has 0 bridgehead atoms. The van der Waals surface area contributed by atoms with Gasteiger partial charge in [-0.05, 0) is 0 Å². The molecule has 0 saturated heterocycles. The summed E-state index contributed by atoms with van der Waals surface area (Å²) in [6.45, 7) is 5.68. The fourth-order valence-corrected chi connectivity index (χ4v) is 0.774. The average Bonchev–Trinajstić information content (AvgIpc) is 2.32. The summed E-state index contributed by atoms with van der Waals surface area (Å²) in [6, 6.07) is 0. The third kappa shape index (κ3) is 2.75. The number of alkyl halides is 2. The van der Waals surface area contributed by atoms with Crippen molar-refractivity contribution < 1.29 is 13.3 Å². The minimum atomic E-state index is -2.44. The predicted molar refractivity (Wildman–Crippen MR) is 42.7 cm³/mol. The normalized spacial score (nSPS) is 12.5. The van der Waals surface area contributed by atoms with E-state index in [0.717, 1.165) is 0 Å². The lowest BCUT2D eigenvalue weighted by Gasteiger charge is -2.10.